The van der Waals surface area contributed by atoms with E-state index >= 15 is 0 Å². The van der Waals surface area contributed by atoms with Gasteiger partial charge >= 0.3 is 5.97 Å². The molecule has 0 saturated heterocycles. The Labute approximate surface area is 122 Å². The van der Waals surface area contributed by atoms with Crippen LogP contribution in [0.2, 0.25) is 5.02 Å². The van der Waals surface area contributed by atoms with E-state index in [4.69, 9.17) is 16.3 Å². The summed E-state index contributed by atoms with van der Waals surface area (Å²) >= 11 is 5.94. The Bertz CT molecular complexity index is 601. The van der Waals surface area contributed by atoms with E-state index in [1.54, 1.807) is 42.5 Å². The van der Waals surface area contributed by atoms with E-state index in [-0.39, 0.29) is 0 Å². The van der Waals surface area contributed by atoms with Crippen LogP contribution in [0.25, 0.3) is 0 Å². The highest BCUT2D eigenvalue weighted by Crippen LogP contribution is 2.31. The van der Waals surface area contributed by atoms with Crippen molar-refractivity contribution in [3.8, 4) is 5.75 Å². The van der Waals surface area contributed by atoms with Gasteiger partial charge in [0.25, 0.3) is 0 Å². The Balaban J connectivity index is 2.34. The topological polar surface area (TPSA) is 58.6 Å². The number of rotatable bonds is 5. The van der Waals surface area contributed by atoms with Crippen molar-refractivity contribution in [2.45, 2.75) is 6.04 Å². The van der Waals surface area contributed by atoms with Gasteiger partial charge in [0.15, 0.2) is 6.04 Å². The second-order valence-corrected chi connectivity index (χ2v) is 4.61. The lowest BCUT2D eigenvalue weighted by molar-refractivity contribution is -0.138. The highest BCUT2D eigenvalue weighted by atomic mass is 35.5. The van der Waals surface area contributed by atoms with Crippen LogP contribution in [-0.2, 0) is 4.79 Å². The molecule has 0 aliphatic carbocycles. The molecule has 1 atom stereocenters. The Morgan fingerprint density at radius 3 is 2.55 bits per heavy atom. The summed E-state index contributed by atoms with van der Waals surface area (Å²) in [6.07, 6.45) is 0. The number of anilines is 1. The van der Waals surface area contributed by atoms with Gasteiger partial charge in [-0.1, -0.05) is 41.9 Å². The van der Waals surface area contributed by atoms with E-state index < -0.39 is 12.0 Å². The number of ether oxygens (including phenoxy) is 1. The lowest BCUT2D eigenvalue weighted by Crippen LogP contribution is -2.20. The number of halogens is 1. The fourth-order valence-corrected chi connectivity index (χ4v) is 2.05. The van der Waals surface area contributed by atoms with Crippen LogP contribution in [0.5, 0.6) is 5.75 Å². The van der Waals surface area contributed by atoms with Crippen molar-refractivity contribution in [1.29, 1.82) is 0 Å². The van der Waals surface area contributed by atoms with Gasteiger partial charge < -0.3 is 15.2 Å². The van der Waals surface area contributed by atoms with Crippen LogP contribution < -0.4 is 10.1 Å². The van der Waals surface area contributed by atoms with Gasteiger partial charge in [-0.2, -0.15) is 0 Å². The van der Waals surface area contributed by atoms with Gasteiger partial charge in [0, 0.05) is 5.02 Å². The largest absolute Gasteiger partial charge is 0.495 e. The van der Waals surface area contributed by atoms with E-state index in [1.807, 2.05) is 6.07 Å². The molecule has 2 aromatic carbocycles. The van der Waals surface area contributed by atoms with Gasteiger partial charge in [-0.3, -0.25) is 0 Å². The molecule has 20 heavy (non-hydrogen) atoms. The summed E-state index contributed by atoms with van der Waals surface area (Å²) < 4.78 is 5.20. The van der Waals surface area contributed by atoms with E-state index in [0.29, 0.717) is 22.0 Å². The maximum atomic E-state index is 11.5. The third-order valence-electron chi connectivity index (χ3n) is 2.84. The van der Waals surface area contributed by atoms with E-state index in [0.717, 1.165) is 0 Å². The van der Waals surface area contributed by atoms with Crippen LogP contribution in [0.1, 0.15) is 11.6 Å². The number of nitrogens with one attached hydrogen (secondary N) is 1. The minimum atomic E-state index is -0.974. The lowest BCUT2D eigenvalue weighted by Gasteiger charge is -2.18. The number of carboxylic acids is 1. The summed E-state index contributed by atoms with van der Waals surface area (Å²) in [7, 11) is 1.52. The van der Waals surface area contributed by atoms with Gasteiger partial charge in [0.05, 0.1) is 12.8 Å². The molecule has 1 unspecified atom stereocenters. The van der Waals surface area contributed by atoms with Gasteiger partial charge in [0.1, 0.15) is 5.75 Å². The number of hydrogen-bond acceptors (Lipinski definition) is 3. The Kier molecular flexibility index (Phi) is 4.48. The summed E-state index contributed by atoms with van der Waals surface area (Å²) in [5, 5.41) is 12.8. The van der Waals surface area contributed by atoms with Gasteiger partial charge in [-0.25, -0.2) is 4.79 Å². The van der Waals surface area contributed by atoms with Gasteiger partial charge in [-0.05, 0) is 23.8 Å². The van der Waals surface area contributed by atoms with Crippen molar-refractivity contribution in [3.63, 3.8) is 0 Å². The van der Waals surface area contributed by atoms with E-state index in [1.165, 1.54) is 7.11 Å². The first-order valence-electron chi connectivity index (χ1n) is 5.99. The number of methoxy groups -OCH3 is 1. The molecular weight excluding hydrogens is 278 g/mol. The van der Waals surface area contributed by atoms with Crippen LogP contribution in [0.3, 0.4) is 0 Å². The molecule has 0 bridgehead atoms. The lowest BCUT2D eigenvalue weighted by atomic mass is 10.1. The summed E-state index contributed by atoms with van der Waals surface area (Å²) in [5.41, 5.74) is 1.19. The maximum Gasteiger partial charge on any atom is 0.330 e. The predicted octanol–water partition coefficient (Wildman–Crippen LogP) is 3.59. The Morgan fingerprint density at radius 2 is 1.95 bits per heavy atom. The molecule has 0 aliphatic rings. The highest BCUT2D eigenvalue weighted by Gasteiger charge is 2.20. The molecule has 2 rings (SSSR count). The van der Waals surface area contributed by atoms with Crippen LogP contribution in [0.15, 0.2) is 48.5 Å². The molecule has 0 fully saturated rings. The zero-order valence-electron chi connectivity index (χ0n) is 10.8. The van der Waals surface area contributed by atoms with Crippen LogP contribution in [0, 0.1) is 0 Å². The third-order valence-corrected chi connectivity index (χ3v) is 3.08. The zero-order chi connectivity index (χ0) is 14.5. The second-order valence-electron chi connectivity index (χ2n) is 4.17. The molecule has 4 nitrogen and oxygen atoms in total. The maximum absolute atomic E-state index is 11.5. The van der Waals surface area contributed by atoms with Crippen LogP contribution in [-0.4, -0.2) is 18.2 Å². The fraction of sp³-hybridized carbons (Fsp3) is 0.133. The molecule has 0 spiro atoms. The standard InChI is InChI=1S/C15H14ClNO3/c1-20-13-8-7-11(16)9-12(13)17-14(15(18)19)10-5-3-2-4-6-10/h2-9,14,17H,1H3,(H,18,19). The smallest absolute Gasteiger partial charge is 0.330 e. The molecule has 0 radical (unpaired) electrons. The third kappa shape index (κ3) is 3.22. The molecule has 2 aromatic rings. The minimum Gasteiger partial charge on any atom is -0.495 e. The summed E-state index contributed by atoms with van der Waals surface area (Å²) in [4.78, 5) is 11.5. The molecule has 0 aliphatic heterocycles. The molecule has 0 aromatic heterocycles. The number of carbonyl (C=O) groups is 1. The van der Waals surface area contributed by atoms with Crippen molar-refractivity contribution < 1.29 is 14.6 Å². The monoisotopic (exact) mass is 291 g/mol. The average Bonchev–Trinajstić information content (AvgIpc) is 2.45. The van der Waals surface area contributed by atoms with Gasteiger partial charge in [-0.15, -0.1) is 0 Å². The molecule has 0 saturated carbocycles. The van der Waals surface area contributed by atoms with Crippen molar-refractivity contribution in [3.05, 3.63) is 59.1 Å². The summed E-state index contributed by atoms with van der Waals surface area (Å²) in [5.74, 6) is -0.435. The first-order valence-corrected chi connectivity index (χ1v) is 6.37. The molecule has 2 N–H and O–H groups in total. The number of benzene rings is 2. The predicted molar refractivity (Wildman–Crippen MR) is 78.4 cm³/mol. The zero-order valence-corrected chi connectivity index (χ0v) is 11.6. The normalized spacial score (nSPS) is 11.7. The molecule has 5 heteroatoms. The van der Waals surface area contributed by atoms with Crippen molar-refractivity contribution in [1.82, 2.24) is 0 Å². The Morgan fingerprint density at radius 1 is 1.25 bits per heavy atom. The summed E-state index contributed by atoms with van der Waals surface area (Å²) in [6, 6.07) is 13.1. The quantitative estimate of drug-likeness (QED) is 0.884. The van der Waals surface area contributed by atoms with Crippen molar-refractivity contribution in [2.75, 3.05) is 12.4 Å². The second kappa shape index (κ2) is 6.30. The van der Waals surface area contributed by atoms with Crippen LogP contribution >= 0.6 is 11.6 Å². The summed E-state index contributed by atoms with van der Waals surface area (Å²) in [6.45, 7) is 0. The molecule has 0 amide bonds. The Hall–Kier alpha value is -2.20. The average molecular weight is 292 g/mol. The molecule has 104 valence electrons. The van der Waals surface area contributed by atoms with Crippen molar-refractivity contribution >= 4 is 23.3 Å². The number of carboxylic acid groups (broad SMARTS) is 1. The van der Waals surface area contributed by atoms with Crippen molar-refractivity contribution in [2.24, 2.45) is 0 Å². The highest BCUT2D eigenvalue weighted by molar-refractivity contribution is 6.30. The SMILES string of the molecule is COc1ccc(Cl)cc1NC(C(=O)O)c1ccccc1. The molecule has 0 heterocycles. The number of hydrogen-bond donors (Lipinski definition) is 2. The first-order chi connectivity index (χ1) is 9.61. The molecular formula is C15H14ClNO3. The fourth-order valence-electron chi connectivity index (χ4n) is 1.88. The van der Waals surface area contributed by atoms with E-state index in [2.05, 4.69) is 5.32 Å². The van der Waals surface area contributed by atoms with Crippen LogP contribution in [0.4, 0.5) is 5.69 Å². The van der Waals surface area contributed by atoms with E-state index in [9.17, 15) is 9.90 Å². The number of aliphatic carboxylic acids is 1. The first kappa shape index (κ1) is 14.2. The van der Waals surface area contributed by atoms with Gasteiger partial charge in [0.2, 0.25) is 0 Å². The minimum absolute atomic E-state index is 0.505.